The molecule has 0 bridgehead atoms. The first-order chi connectivity index (χ1) is 13.2. The molecule has 28 heavy (non-hydrogen) atoms. The lowest BCUT2D eigenvalue weighted by atomic mass is 9.43. The van der Waals surface area contributed by atoms with Crippen LogP contribution in [0.3, 0.4) is 0 Å². The van der Waals surface area contributed by atoms with Gasteiger partial charge in [0, 0.05) is 18.8 Å². The van der Waals surface area contributed by atoms with Gasteiger partial charge in [-0.3, -0.25) is 4.79 Å². The Labute approximate surface area is 172 Å². The molecule has 3 unspecified atom stereocenters. The van der Waals surface area contributed by atoms with Crippen LogP contribution in [0.15, 0.2) is 0 Å². The summed E-state index contributed by atoms with van der Waals surface area (Å²) in [5, 5.41) is 0. The second kappa shape index (κ2) is 7.24. The molecule has 0 heterocycles. The number of hydrogen-bond acceptors (Lipinski definition) is 2. The van der Waals surface area contributed by atoms with E-state index in [1.54, 1.807) is 6.92 Å². The maximum Gasteiger partial charge on any atom is 0.136 e. The van der Waals surface area contributed by atoms with Gasteiger partial charge in [-0.25, -0.2) is 0 Å². The predicted octanol–water partition coefficient (Wildman–Crippen LogP) is 6.47. The summed E-state index contributed by atoms with van der Waals surface area (Å²) in [7, 11) is 0. The van der Waals surface area contributed by atoms with Crippen LogP contribution in [0.1, 0.15) is 98.8 Å². The van der Waals surface area contributed by atoms with Gasteiger partial charge in [-0.2, -0.15) is 0 Å². The van der Waals surface area contributed by atoms with Gasteiger partial charge in [0.25, 0.3) is 0 Å². The van der Waals surface area contributed by atoms with Gasteiger partial charge in [0.1, 0.15) is 11.6 Å². The summed E-state index contributed by atoms with van der Waals surface area (Å²) in [6, 6.07) is 0. The fraction of sp³-hybridized carbons (Fsp3) is 0.923. The molecule has 0 aliphatic heterocycles. The molecule has 4 rings (SSSR count). The van der Waals surface area contributed by atoms with Gasteiger partial charge in [0.05, 0.1) is 0 Å². The Hall–Kier alpha value is -0.660. The quantitative estimate of drug-likeness (QED) is 0.555. The number of hydrogen-bond donors (Lipinski definition) is 0. The highest BCUT2D eigenvalue weighted by molar-refractivity contribution is 5.83. The minimum atomic E-state index is 0.318. The Kier molecular flexibility index (Phi) is 5.33. The Balaban J connectivity index is 1.56. The zero-order valence-electron chi connectivity index (χ0n) is 18.9. The summed E-state index contributed by atoms with van der Waals surface area (Å²) in [5.74, 6) is 5.25. The van der Waals surface area contributed by atoms with E-state index in [1.807, 2.05) is 0 Å². The van der Waals surface area contributed by atoms with Crippen LogP contribution >= 0.6 is 0 Å². The lowest BCUT2D eigenvalue weighted by molar-refractivity contribution is -0.158. The molecule has 0 N–H and O–H groups in total. The van der Waals surface area contributed by atoms with Crippen molar-refractivity contribution in [3.05, 3.63) is 0 Å². The van der Waals surface area contributed by atoms with Crippen LogP contribution < -0.4 is 0 Å². The van der Waals surface area contributed by atoms with Crippen LogP contribution in [0, 0.1) is 52.3 Å². The number of carbonyl (C=O) groups excluding carboxylic acids is 2. The highest BCUT2D eigenvalue weighted by atomic mass is 16.1. The minimum Gasteiger partial charge on any atom is -0.300 e. The van der Waals surface area contributed by atoms with E-state index in [-0.39, 0.29) is 0 Å². The standard InChI is InChI=1S/C26H42O2/c1-16-10-12-25(4)19(14-16)15-23(28)24-21-9-8-20(17(2)6-7-18(3)27)26(21,5)13-11-22(24)25/h16-17,19-22,24H,6-15H2,1-5H3/t16-,17-,19+,20-,21?,22?,24?,25+,26-/m1/s1. The number of rotatable bonds is 4. The maximum absolute atomic E-state index is 13.5. The zero-order valence-corrected chi connectivity index (χ0v) is 18.9. The van der Waals surface area contributed by atoms with Crippen molar-refractivity contribution in [2.75, 3.05) is 0 Å². The van der Waals surface area contributed by atoms with Gasteiger partial charge in [-0.1, -0.05) is 34.1 Å². The first-order valence-electron chi connectivity index (χ1n) is 12.2. The smallest absolute Gasteiger partial charge is 0.136 e. The molecule has 158 valence electrons. The Morgan fingerprint density at radius 3 is 2.46 bits per heavy atom. The van der Waals surface area contributed by atoms with E-state index in [4.69, 9.17) is 0 Å². The third-order valence-corrected chi connectivity index (χ3v) is 10.4. The van der Waals surface area contributed by atoms with Gasteiger partial charge >= 0.3 is 0 Å². The molecule has 0 aromatic heterocycles. The first kappa shape index (κ1) is 20.6. The van der Waals surface area contributed by atoms with Gasteiger partial charge in [0.15, 0.2) is 0 Å². The largest absolute Gasteiger partial charge is 0.300 e. The lowest BCUT2D eigenvalue weighted by Crippen LogP contribution is -2.57. The molecule has 4 saturated carbocycles. The third kappa shape index (κ3) is 3.12. The number of carbonyl (C=O) groups is 2. The summed E-state index contributed by atoms with van der Waals surface area (Å²) in [6.07, 6.45) is 11.7. The lowest BCUT2D eigenvalue weighted by Gasteiger charge is -2.60. The summed E-state index contributed by atoms with van der Waals surface area (Å²) < 4.78 is 0. The van der Waals surface area contributed by atoms with Crippen molar-refractivity contribution < 1.29 is 9.59 Å². The van der Waals surface area contributed by atoms with Gasteiger partial charge in [0.2, 0.25) is 0 Å². The molecular formula is C26H42O2. The number of Topliss-reactive ketones (excluding diaryl/α,β-unsaturated/α-hetero) is 2. The van der Waals surface area contributed by atoms with Crippen molar-refractivity contribution in [2.24, 2.45) is 52.3 Å². The fourth-order valence-electron chi connectivity index (χ4n) is 8.75. The average Bonchev–Trinajstić information content (AvgIpc) is 2.98. The van der Waals surface area contributed by atoms with Crippen molar-refractivity contribution in [2.45, 2.75) is 98.8 Å². The summed E-state index contributed by atoms with van der Waals surface area (Å²) in [4.78, 5) is 25.0. The minimum absolute atomic E-state index is 0.318. The summed E-state index contributed by atoms with van der Waals surface area (Å²) >= 11 is 0. The van der Waals surface area contributed by atoms with E-state index in [0.29, 0.717) is 57.9 Å². The van der Waals surface area contributed by atoms with Crippen LogP contribution in [0.4, 0.5) is 0 Å². The fourth-order valence-corrected chi connectivity index (χ4v) is 8.75. The molecule has 4 aliphatic carbocycles. The van der Waals surface area contributed by atoms with E-state index in [2.05, 4.69) is 27.7 Å². The van der Waals surface area contributed by atoms with E-state index in [9.17, 15) is 9.59 Å². The van der Waals surface area contributed by atoms with E-state index in [1.165, 1.54) is 44.9 Å². The Morgan fingerprint density at radius 1 is 1.07 bits per heavy atom. The van der Waals surface area contributed by atoms with E-state index < -0.39 is 0 Å². The molecule has 0 aromatic carbocycles. The van der Waals surface area contributed by atoms with Gasteiger partial charge < -0.3 is 4.79 Å². The van der Waals surface area contributed by atoms with Crippen molar-refractivity contribution >= 4 is 11.6 Å². The molecule has 0 aromatic rings. The maximum atomic E-state index is 13.5. The zero-order chi connectivity index (χ0) is 20.3. The second-order valence-corrected chi connectivity index (χ2v) is 11.9. The Bertz CT molecular complexity index is 638. The predicted molar refractivity (Wildman–Crippen MR) is 114 cm³/mol. The number of ketones is 2. The van der Waals surface area contributed by atoms with Gasteiger partial charge in [-0.15, -0.1) is 0 Å². The molecule has 4 aliphatic rings. The van der Waals surface area contributed by atoms with E-state index in [0.717, 1.165) is 25.2 Å². The van der Waals surface area contributed by atoms with Crippen molar-refractivity contribution in [3.8, 4) is 0 Å². The third-order valence-electron chi connectivity index (χ3n) is 10.4. The molecular weight excluding hydrogens is 344 g/mol. The van der Waals surface area contributed by atoms with Gasteiger partial charge in [-0.05, 0) is 98.2 Å². The molecule has 4 fully saturated rings. The van der Waals surface area contributed by atoms with Crippen LogP contribution in [-0.2, 0) is 9.59 Å². The molecule has 0 amide bonds. The highest BCUT2D eigenvalue weighted by Crippen LogP contribution is 2.67. The topological polar surface area (TPSA) is 34.1 Å². The molecule has 0 spiro atoms. The molecule has 2 heteroatoms. The normalized spacial score (nSPS) is 49.1. The average molecular weight is 387 g/mol. The monoisotopic (exact) mass is 386 g/mol. The molecule has 0 radical (unpaired) electrons. The Morgan fingerprint density at radius 2 is 1.75 bits per heavy atom. The van der Waals surface area contributed by atoms with Crippen LogP contribution in [0.5, 0.6) is 0 Å². The molecule has 0 saturated heterocycles. The van der Waals surface area contributed by atoms with Crippen molar-refractivity contribution in [3.63, 3.8) is 0 Å². The molecule has 2 nitrogen and oxygen atoms in total. The van der Waals surface area contributed by atoms with Crippen LogP contribution in [-0.4, -0.2) is 11.6 Å². The summed E-state index contributed by atoms with van der Waals surface area (Å²) in [6.45, 7) is 11.5. The van der Waals surface area contributed by atoms with Crippen molar-refractivity contribution in [1.29, 1.82) is 0 Å². The second-order valence-electron chi connectivity index (χ2n) is 11.9. The molecule has 9 atom stereocenters. The SMILES string of the molecule is CC(=O)CC[C@@H](C)[C@H]1CCC2C3C(=O)C[C@@H]4C[C@H](C)CC[C@]4(C)C3CC[C@@]21C. The first-order valence-corrected chi connectivity index (χ1v) is 12.2. The van der Waals surface area contributed by atoms with Crippen molar-refractivity contribution in [1.82, 2.24) is 0 Å². The van der Waals surface area contributed by atoms with Crippen LogP contribution in [0.25, 0.3) is 0 Å². The summed E-state index contributed by atoms with van der Waals surface area (Å²) in [5.41, 5.74) is 0.725. The van der Waals surface area contributed by atoms with E-state index >= 15 is 0 Å². The number of fused-ring (bicyclic) bond motifs is 5. The highest BCUT2D eigenvalue weighted by Gasteiger charge is 2.62. The van der Waals surface area contributed by atoms with Crippen LogP contribution in [0.2, 0.25) is 0 Å².